The van der Waals surface area contributed by atoms with Crippen molar-refractivity contribution in [2.75, 3.05) is 11.1 Å². The second kappa shape index (κ2) is 8.89. The topological polar surface area (TPSA) is 98.6 Å². The Morgan fingerprint density at radius 2 is 2.12 bits per heavy atom. The molecule has 1 amide bonds. The fourth-order valence-electron chi connectivity index (χ4n) is 2.06. The van der Waals surface area contributed by atoms with Gasteiger partial charge in [0.1, 0.15) is 0 Å². The number of thioether (sulfide) groups is 1. The zero-order chi connectivity index (χ0) is 17.4. The first-order chi connectivity index (χ1) is 11.6. The third-order valence-electron chi connectivity index (χ3n) is 3.14. The van der Waals surface area contributed by atoms with Gasteiger partial charge >= 0.3 is 0 Å². The normalized spacial score (nSPS) is 10.2. The van der Waals surface area contributed by atoms with E-state index in [0.29, 0.717) is 17.3 Å². The predicted molar refractivity (Wildman–Crippen MR) is 94.0 cm³/mol. The summed E-state index contributed by atoms with van der Waals surface area (Å²) in [5.41, 5.74) is 2.10. The molecule has 0 aliphatic carbocycles. The molecule has 24 heavy (non-hydrogen) atoms. The summed E-state index contributed by atoms with van der Waals surface area (Å²) in [7, 11) is 0. The van der Waals surface area contributed by atoms with E-state index < -0.39 is 0 Å². The summed E-state index contributed by atoms with van der Waals surface area (Å²) in [6, 6.07) is 10.7. The van der Waals surface area contributed by atoms with Gasteiger partial charge in [-0.15, -0.1) is 0 Å². The van der Waals surface area contributed by atoms with Crippen molar-refractivity contribution < 1.29 is 4.79 Å². The van der Waals surface area contributed by atoms with E-state index in [-0.39, 0.29) is 17.2 Å². The SMILES string of the molecule is CCCc1cc(=O)[nH]c(SCC(=O)Nc2ccc(CC#N)cc2)n1. The first-order valence-electron chi connectivity index (χ1n) is 7.59. The lowest BCUT2D eigenvalue weighted by atomic mass is 10.1. The average Bonchev–Trinajstić information content (AvgIpc) is 2.55. The lowest BCUT2D eigenvalue weighted by Gasteiger charge is -2.06. The van der Waals surface area contributed by atoms with Crippen LogP contribution < -0.4 is 10.9 Å². The number of carbonyl (C=O) groups is 1. The highest BCUT2D eigenvalue weighted by molar-refractivity contribution is 7.99. The summed E-state index contributed by atoms with van der Waals surface area (Å²) in [5, 5.41) is 11.9. The first kappa shape index (κ1) is 17.8. The van der Waals surface area contributed by atoms with Crippen LogP contribution in [0.15, 0.2) is 40.3 Å². The van der Waals surface area contributed by atoms with Crippen LogP contribution in [-0.4, -0.2) is 21.6 Å². The fraction of sp³-hybridized carbons (Fsp3) is 0.294. The predicted octanol–water partition coefficient (Wildman–Crippen LogP) is 2.52. The van der Waals surface area contributed by atoms with Crippen LogP contribution in [0.4, 0.5) is 5.69 Å². The molecule has 1 heterocycles. The Morgan fingerprint density at radius 3 is 2.79 bits per heavy atom. The number of amides is 1. The van der Waals surface area contributed by atoms with Gasteiger partial charge in [0.2, 0.25) is 5.91 Å². The van der Waals surface area contributed by atoms with Crippen molar-refractivity contribution in [1.82, 2.24) is 9.97 Å². The van der Waals surface area contributed by atoms with E-state index in [1.807, 2.05) is 6.92 Å². The molecule has 6 nitrogen and oxygen atoms in total. The minimum absolute atomic E-state index is 0.151. The summed E-state index contributed by atoms with van der Waals surface area (Å²) in [6.45, 7) is 2.02. The van der Waals surface area contributed by atoms with Crippen molar-refractivity contribution >= 4 is 23.4 Å². The third-order valence-corrected chi connectivity index (χ3v) is 4.01. The standard InChI is InChI=1S/C17H18N4O2S/c1-2-3-14-10-15(22)21-17(20-14)24-11-16(23)19-13-6-4-12(5-7-13)8-9-18/h4-7,10H,2-3,8,11H2,1H3,(H,19,23)(H,20,21,22). The summed E-state index contributed by atoms with van der Waals surface area (Å²) in [6.07, 6.45) is 1.98. The lowest BCUT2D eigenvalue weighted by molar-refractivity contribution is -0.113. The molecule has 2 rings (SSSR count). The van der Waals surface area contributed by atoms with Crippen LogP contribution in [0.1, 0.15) is 24.6 Å². The van der Waals surface area contributed by atoms with E-state index in [4.69, 9.17) is 5.26 Å². The van der Waals surface area contributed by atoms with Gasteiger partial charge in [-0.1, -0.05) is 37.2 Å². The maximum absolute atomic E-state index is 12.0. The van der Waals surface area contributed by atoms with Crippen molar-refractivity contribution in [3.8, 4) is 6.07 Å². The average molecular weight is 342 g/mol. The second-order valence-electron chi connectivity index (χ2n) is 5.16. The van der Waals surface area contributed by atoms with Gasteiger partial charge in [0.05, 0.1) is 18.2 Å². The van der Waals surface area contributed by atoms with E-state index in [2.05, 4.69) is 21.4 Å². The largest absolute Gasteiger partial charge is 0.325 e. The summed E-state index contributed by atoms with van der Waals surface area (Å²) >= 11 is 1.19. The highest BCUT2D eigenvalue weighted by atomic mass is 32.2. The van der Waals surface area contributed by atoms with Gasteiger partial charge in [-0.05, 0) is 24.1 Å². The van der Waals surface area contributed by atoms with Crippen LogP contribution in [0.5, 0.6) is 0 Å². The van der Waals surface area contributed by atoms with Gasteiger partial charge in [0, 0.05) is 17.4 Å². The van der Waals surface area contributed by atoms with Gasteiger partial charge in [-0.3, -0.25) is 9.59 Å². The van der Waals surface area contributed by atoms with Gasteiger partial charge in [-0.2, -0.15) is 5.26 Å². The molecule has 0 fully saturated rings. The van der Waals surface area contributed by atoms with E-state index in [9.17, 15) is 9.59 Å². The maximum Gasteiger partial charge on any atom is 0.251 e. The quantitative estimate of drug-likeness (QED) is 0.595. The molecular formula is C17H18N4O2S. The Balaban J connectivity index is 1.91. The minimum Gasteiger partial charge on any atom is -0.325 e. The monoisotopic (exact) mass is 342 g/mol. The molecule has 0 atom stereocenters. The number of anilines is 1. The number of carbonyl (C=O) groups excluding carboxylic acids is 1. The molecule has 0 radical (unpaired) electrons. The van der Waals surface area contributed by atoms with Crippen LogP contribution in [0.2, 0.25) is 0 Å². The molecule has 0 bridgehead atoms. The van der Waals surface area contributed by atoms with E-state index in [1.165, 1.54) is 17.8 Å². The summed E-state index contributed by atoms with van der Waals surface area (Å²) in [5.74, 6) is -0.0325. The Bertz CT molecular complexity index is 793. The Kier molecular flexibility index (Phi) is 6.58. The zero-order valence-electron chi connectivity index (χ0n) is 13.3. The number of benzene rings is 1. The second-order valence-corrected chi connectivity index (χ2v) is 6.12. The number of rotatable bonds is 7. The molecule has 2 N–H and O–H groups in total. The number of aromatic nitrogens is 2. The highest BCUT2D eigenvalue weighted by Crippen LogP contribution is 2.14. The van der Waals surface area contributed by atoms with Crippen LogP contribution in [0.3, 0.4) is 0 Å². The first-order valence-corrected chi connectivity index (χ1v) is 8.58. The Morgan fingerprint density at radius 1 is 1.38 bits per heavy atom. The molecule has 0 aliphatic heterocycles. The van der Waals surface area contributed by atoms with Crippen LogP contribution in [-0.2, 0) is 17.6 Å². The fourth-order valence-corrected chi connectivity index (χ4v) is 2.76. The van der Waals surface area contributed by atoms with Gasteiger partial charge in [-0.25, -0.2) is 4.98 Å². The van der Waals surface area contributed by atoms with Crippen LogP contribution >= 0.6 is 11.8 Å². The van der Waals surface area contributed by atoms with E-state index in [1.54, 1.807) is 24.3 Å². The number of hydrogen-bond donors (Lipinski definition) is 2. The van der Waals surface area contributed by atoms with E-state index >= 15 is 0 Å². The molecular weight excluding hydrogens is 324 g/mol. The molecule has 0 spiro atoms. The number of hydrogen-bond acceptors (Lipinski definition) is 5. The van der Waals surface area contributed by atoms with Crippen molar-refractivity contribution in [3.05, 3.63) is 51.9 Å². The van der Waals surface area contributed by atoms with Crippen molar-refractivity contribution in [1.29, 1.82) is 5.26 Å². The van der Waals surface area contributed by atoms with E-state index in [0.717, 1.165) is 24.1 Å². The summed E-state index contributed by atoms with van der Waals surface area (Å²) in [4.78, 5) is 30.5. The molecule has 7 heteroatoms. The van der Waals surface area contributed by atoms with Crippen molar-refractivity contribution in [2.24, 2.45) is 0 Å². The summed E-state index contributed by atoms with van der Waals surface area (Å²) < 4.78 is 0. The molecule has 124 valence electrons. The molecule has 0 unspecified atom stereocenters. The highest BCUT2D eigenvalue weighted by Gasteiger charge is 2.07. The molecule has 0 aliphatic rings. The zero-order valence-corrected chi connectivity index (χ0v) is 14.2. The van der Waals surface area contributed by atoms with Crippen molar-refractivity contribution in [3.63, 3.8) is 0 Å². The Hall–Kier alpha value is -2.59. The smallest absolute Gasteiger partial charge is 0.251 e. The number of nitrogens with zero attached hydrogens (tertiary/aromatic N) is 2. The number of aromatic amines is 1. The minimum atomic E-state index is -0.204. The molecule has 0 saturated heterocycles. The number of aryl methyl sites for hydroxylation is 1. The molecule has 2 aromatic rings. The van der Waals surface area contributed by atoms with Gasteiger partial charge in [0.25, 0.3) is 5.56 Å². The van der Waals surface area contributed by atoms with Gasteiger partial charge < -0.3 is 10.3 Å². The number of nitrogens with one attached hydrogen (secondary N) is 2. The van der Waals surface area contributed by atoms with Crippen molar-refractivity contribution in [2.45, 2.75) is 31.3 Å². The number of nitriles is 1. The Labute approximate surface area is 144 Å². The number of H-pyrrole nitrogens is 1. The molecule has 1 aromatic carbocycles. The lowest BCUT2D eigenvalue weighted by Crippen LogP contribution is -2.15. The molecule has 1 aromatic heterocycles. The van der Waals surface area contributed by atoms with Crippen LogP contribution in [0, 0.1) is 11.3 Å². The molecule has 0 saturated carbocycles. The van der Waals surface area contributed by atoms with Crippen LogP contribution in [0.25, 0.3) is 0 Å². The maximum atomic E-state index is 12.0. The van der Waals surface area contributed by atoms with Gasteiger partial charge in [0.15, 0.2) is 5.16 Å². The third kappa shape index (κ3) is 5.56.